The van der Waals surface area contributed by atoms with Gasteiger partial charge in [0.25, 0.3) is 0 Å². The second-order valence-electron chi connectivity index (χ2n) is 7.66. The standard InChI is InChI=1S/C22H29N3O3/c1-22(2,3)17-9-11-18(12-10-17)28-14-13-24-20(26)19(25-21(23)27)15-16-7-5-4-6-8-16/h4-12,19H,13-15H2,1-3H3,(H,24,26)(H3,23,25,27). The van der Waals surface area contributed by atoms with Crippen LogP contribution in [-0.2, 0) is 16.6 Å². The zero-order chi connectivity index (χ0) is 20.6. The fourth-order valence-corrected chi connectivity index (χ4v) is 2.75. The highest BCUT2D eigenvalue weighted by Crippen LogP contribution is 2.24. The molecule has 0 aromatic heterocycles. The maximum atomic E-state index is 12.4. The highest BCUT2D eigenvalue weighted by molar-refractivity contribution is 5.86. The summed E-state index contributed by atoms with van der Waals surface area (Å²) in [5.41, 5.74) is 7.46. The van der Waals surface area contributed by atoms with Gasteiger partial charge in [0, 0.05) is 6.42 Å². The quantitative estimate of drug-likeness (QED) is 0.612. The van der Waals surface area contributed by atoms with Gasteiger partial charge in [-0.05, 0) is 28.7 Å². The molecule has 2 aromatic rings. The summed E-state index contributed by atoms with van der Waals surface area (Å²) >= 11 is 0. The van der Waals surface area contributed by atoms with Gasteiger partial charge in [-0.1, -0.05) is 63.2 Å². The van der Waals surface area contributed by atoms with Crippen molar-refractivity contribution in [1.82, 2.24) is 10.6 Å². The fourth-order valence-electron chi connectivity index (χ4n) is 2.75. The molecule has 0 aliphatic heterocycles. The van der Waals surface area contributed by atoms with E-state index in [4.69, 9.17) is 10.5 Å². The lowest BCUT2D eigenvalue weighted by molar-refractivity contribution is -0.123. The van der Waals surface area contributed by atoms with Gasteiger partial charge in [0.2, 0.25) is 5.91 Å². The van der Waals surface area contributed by atoms with Gasteiger partial charge in [-0.25, -0.2) is 4.79 Å². The first-order valence-corrected chi connectivity index (χ1v) is 9.36. The molecule has 0 aliphatic carbocycles. The molecule has 3 amide bonds. The molecule has 0 bridgehead atoms. The van der Waals surface area contributed by atoms with Crippen molar-refractivity contribution in [3.05, 3.63) is 65.7 Å². The van der Waals surface area contributed by atoms with E-state index < -0.39 is 12.1 Å². The summed E-state index contributed by atoms with van der Waals surface area (Å²) in [5, 5.41) is 5.27. The van der Waals surface area contributed by atoms with Crippen molar-refractivity contribution in [3.63, 3.8) is 0 Å². The Labute approximate surface area is 166 Å². The van der Waals surface area contributed by atoms with Crippen LogP contribution in [0.5, 0.6) is 5.75 Å². The molecule has 0 saturated carbocycles. The van der Waals surface area contributed by atoms with Gasteiger partial charge in [-0.15, -0.1) is 0 Å². The van der Waals surface area contributed by atoms with Crippen molar-refractivity contribution in [2.45, 2.75) is 38.6 Å². The van der Waals surface area contributed by atoms with Crippen LogP contribution in [0.2, 0.25) is 0 Å². The molecule has 150 valence electrons. The van der Waals surface area contributed by atoms with Gasteiger partial charge in [0.15, 0.2) is 0 Å². The summed E-state index contributed by atoms with van der Waals surface area (Å²) in [6, 6.07) is 15.9. The number of amides is 3. The van der Waals surface area contributed by atoms with Crippen LogP contribution in [0, 0.1) is 0 Å². The maximum absolute atomic E-state index is 12.4. The molecule has 0 aliphatic rings. The topological polar surface area (TPSA) is 93.4 Å². The summed E-state index contributed by atoms with van der Waals surface area (Å²) in [6.07, 6.45) is 0.366. The van der Waals surface area contributed by atoms with E-state index in [-0.39, 0.29) is 11.3 Å². The predicted molar refractivity (Wildman–Crippen MR) is 110 cm³/mol. The van der Waals surface area contributed by atoms with Crippen LogP contribution in [0.25, 0.3) is 0 Å². The van der Waals surface area contributed by atoms with Crippen molar-refractivity contribution in [1.29, 1.82) is 0 Å². The van der Waals surface area contributed by atoms with Crippen molar-refractivity contribution in [3.8, 4) is 5.75 Å². The number of rotatable bonds is 8. The van der Waals surface area contributed by atoms with Gasteiger partial charge in [-0.3, -0.25) is 4.79 Å². The Morgan fingerprint density at radius 3 is 2.25 bits per heavy atom. The molecule has 0 fully saturated rings. The predicted octanol–water partition coefficient (Wildman–Crippen LogP) is 2.76. The molecule has 0 spiro atoms. The number of carbonyl (C=O) groups excluding carboxylic acids is 2. The lowest BCUT2D eigenvalue weighted by Crippen LogP contribution is -2.50. The number of carbonyl (C=O) groups is 2. The van der Waals surface area contributed by atoms with Crippen LogP contribution in [0.3, 0.4) is 0 Å². The summed E-state index contributed by atoms with van der Waals surface area (Å²) < 4.78 is 5.68. The third kappa shape index (κ3) is 6.95. The molecular formula is C22H29N3O3. The molecule has 0 radical (unpaired) electrons. The van der Waals surface area contributed by atoms with Crippen LogP contribution in [-0.4, -0.2) is 31.1 Å². The molecule has 2 aromatic carbocycles. The van der Waals surface area contributed by atoms with Crippen molar-refractivity contribution >= 4 is 11.9 Å². The van der Waals surface area contributed by atoms with E-state index in [1.54, 1.807) is 0 Å². The molecule has 6 heteroatoms. The second-order valence-corrected chi connectivity index (χ2v) is 7.66. The largest absolute Gasteiger partial charge is 0.492 e. The fraction of sp³-hybridized carbons (Fsp3) is 0.364. The third-order valence-electron chi connectivity index (χ3n) is 4.31. The molecule has 28 heavy (non-hydrogen) atoms. The van der Waals surface area contributed by atoms with Gasteiger partial charge in [-0.2, -0.15) is 0 Å². The number of ether oxygens (including phenoxy) is 1. The SMILES string of the molecule is CC(C)(C)c1ccc(OCCNC(=O)C(Cc2ccccc2)NC(N)=O)cc1. The highest BCUT2D eigenvalue weighted by atomic mass is 16.5. The minimum absolute atomic E-state index is 0.0910. The van der Waals surface area contributed by atoms with Gasteiger partial charge >= 0.3 is 6.03 Å². The van der Waals surface area contributed by atoms with Crippen molar-refractivity contribution < 1.29 is 14.3 Å². The Balaban J connectivity index is 1.82. The molecule has 1 atom stereocenters. The second kappa shape index (κ2) is 9.78. The normalized spacial score (nSPS) is 12.1. The Kier molecular flexibility index (Phi) is 7.44. The lowest BCUT2D eigenvalue weighted by Gasteiger charge is -2.19. The molecule has 6 nitrogen and oxygen atoms in total. The van der Waals surface area contributed by atoms with Crippen LogP contribution >= 0.6 is 0 Å². The number of urea groups is 1. The van der Waals surface area contributed by atoms with Gasteiger partial charge in [0.1, 0.15) is 18.4 Å². The number of hydrogen-bond donors (Lipinski definition) is 3. The van der Waals surface area contributed by atoms with Crippen LogP contribution in [0.1, 0.15) is 31.9 Å². The van der Waals surface area contributed by atoms with Gasteiger partial charge in [0.05, 0.1) is 6.54 Å². The van der Waals surface area contributed by atoms with Crippen molar-refractivity contribution in [2.75, 3.05) is 13.2 Å². The minimum Gasteiger partial charge on any atom is -0.492 e. The average molecular weight is 383 g/mol. The highest BCUT2D eigenvalue weighted by Gasteiger charge is 2.20. The Morgan fingerprint density at radius 2 is 1.68 bits per heavy atom. The van der Waals surface area contributed by atoms with E-state index in [1.165, 1.54) is 5.56 Å². The number of nitrogens with two attached hydrogens (primary N) is 1. The first-order chi connectivity index (χ1) is 13.3. The first-order valence-electron chi connectivity index (χ1n) is 9.36. The Morgan fingerprint density at radius 1 is 1.04 bits per heavy atom. The van der Waals surface area contributed by atoms with Gasteiger partial charge < -0.3 is 21.1 Å². The Hall–Kier alpha value is -3.02. The van der Waals surface area contributed by atoms with Crippen LogP contribution < -0.4 is 21.1 Å². The number of nitrogens with one attached hydrogen (secondary N) is 2. The molecule has 1 unspecified atom stereocenters. The van der Waals surface area contributed by atoms with Crippen LogP contribution in [0.15, 0.2) is 54.6 Å². The summed E-state index contributed by atoms with van der Waals surface area (Å²) in [5.74, 6) is 0.452. The maximum Gasteiger partial charge on any atom is 0.312 e. The van der Waals surface area contributed by atoms with E-state index in [0.29, 0.717) is 19.6 Å². The first kappa shape index (κ1) is 21.3. The summed E-state index contributed by atoms with van der Waals surface area (Å²) in [4.78, 5) is 23.6. The lowest BCUT2D eigenvalue weighted by atomic mass is 9.87. The van der Waals surface area contributed by atoms with E-state index >= 15 is 0 Å². The Bertz CT molecular complexity index is 768. The van der Waals surface area contributed by atoms with Crippen LogP contribution in [0.4, 0.5) is 4.79 Å². The molecular weight excluding hydrogens is 354 g/mol. The molecule has 4 N–H and O–H groups in total. The zero-order valence-electron chi connectivity index (χ0n) is 16.7. The number of primary amides is 1. The number of benzene rings is 2. The minimum atomic E-state index is -0.731. The van der Waals surface area contributed by atoms with Crippen molar-refractivity contribution in [2.24, 2.45) is 5.73 Å². The number of hydrogen-bond acceptors (Lipinski definition) is 3. The molecule has 2 rings (SSSR count). The van der Waals surface area contributed by atoms with E-state index in [1.807, 2.05) is 54.6 Å². The molecule has 0 saturated heterocycles. The molecule has 0 heterocycles. The van der Waals surface area contributed by atoms with E-state index in [2.05, 4.69) is 31.4 Å². The average Bonchev–Trinajstić information content (AvgIpc) is 2.64. The third-order valence-corrected chi connectivity index (χ3v) is 4.31. The zero-order valence-corrected chi connectivity index (χ0v) is 16.7. The van der Waals surface area contributed by atoms with E-state index in [0.717, 1.165) is 11.3 Å². The smallest absolute Gasteiger partial charge is 0.312 e. The monoisotopic (exact) mass is 383 g/mol. The summed E-state index contributed by atoms with van der Waals surface area (Å²) in [6.45, 7) is 7.12. The van der Waals surface area contributed by atoms with E-state index in [9.17, 15) is 9.59 Å². The summed E-state index contributed by atoms with van der Waals surface area (Å²) in [7, 11) is 0.